The van der Waals surface area contributed by atoms with E-state index < -0.39 is 0 Å². The summed E-state index contributed by atoms with van der Waals surface area (Å²) in [5, 5.41) is 0. The molecule has 0 aliphatic carbocycles. The molecule has 1 aromatic rings. The second-order valence-corrected chi connectivity index (χ2v) is 16.8. The maximum Gasteiger partial charge on any atom is 0.0366 e. The summed E-state index contributed by atoms with van der Waals surface area (Å²) < 4.78 is 0. The number of hydrogen-bond donors (Lipinski definition) is 0. The highest BCUT2D eigenvalue weighted by Crippen LogP contribution is 2.19. The van der Waals surface area contributed by atoms with Crippen molar-refractivity contribution in [2.75, 3.05) is 18.0 Å². The van der Waals surface area contributed by atoms with Gasteiger partial charge in [-0.2, -0.15) is 0 Å². The Morgan fingerprint density at radius 3 is 0.667 bits per heavy atom. The Morgan fingerprint density at radius 2 is 0.451 bits per heavy atom. The molecule has 0 N–H and O–H groups in total. The van der Waals surface area contributed by atoms with Crippen LogP contribution in [0.2, 0.25) is 0 Å². The van der Waals surface area contributed by atoms with Crippen LogP contribution < -0.4 is 4.90 Å². The van der Waals surface area contributed by atoms with E-state index in [0.717, 1.165) is 0 Å². The van der Waals surface area contributed by atoms with Crippen LogP contribution in [0.5, 0.6) is 0 Å². The van der Waals surface area contributed by atoms with E-state index in [2.05, 4.69) is 49.1 Å². The molecule has 0 atom stereocenters. The number of benzene rings is 1. The van der Waals surface area contributed by atoms with Crippen molar-refractivity contribution in [2.24, 2.45) is 0 Å². The van der Waals surface area contributed by atoms with Crippen LogP contribution in [0.25, 0.3) is 0 Å². The van der Waals surface area contributed by atoms with E-state index >= 15 is 0 Å². The summed E-state index contributed by atoms with van der Waals surface area (Å²) in [5.41, 5.74) is 1.44. The summed E-state index contributed by atoms with van der Waals surface area (Å²) in [6.45, 7) is 7.10. The van der Waals surface area contributed by atoms with Crippen molar-refractivity contribution in [3.8, 4) is 0 Å². The van der Waals surface area contributed by atoms with Crippen LogP contribution in [0, 0.1) is 0 Å². The average Bonchev–Trinajstić information content (AvgIpc) is 3.15. The Bertz CT molecular complexity index is 699. The quantitative estimate of drug-likeness (QED) is 0.0610. The molecule has 0 spiro atoms. The molecule has 1 heteroatoms. The first kappa shape index (κ1) is 48.0. The number of rotatable bonds is 43. The average molecular weight is 710 g/mol. The standard InChI is InChI=1S/C50H95N/c1-3-5-7-9-11-13-15-17-19-21-23-25-27-29-31-33-35-37-39-44-48-51(50-46-42-41-43-47-50)49-45-40-38-36-34-32-30-28-26-24-22-20-18-16-14-12-10-8-6-4-2/h41-43,46-47H,3-40,44-45,48-49H2,1-2H3. The van der Waals surface area contributed by atoms with Crippen LogP contribution in [-0.4, -0.2) is 13.1 Å². The first-order chi connectivity index (χ1) is 25.4. The van der Waals surface area contributed by atoms with E-state index in [0.29, 0.717) is 0 Å². The van der Waals surface area contributed by atoms with Gasteiger partial charge in [0.05, 0.1) is 0 Å². The molecule has 0 aliphatic rings. The zero-order valence-electron chi connectivity index (χ0n) is 35.5. The van der Waals surface area contributed by atoms with Gasteiger partial charge in [-0.3, -0.25) is 0 Å². The summed E-state index contributed by atoms with van der Waals surface area (Å²) in [4.78, 5) is 2.68. The van der Waals surface area contributed by atoms with Gasteiger partial charge in [0.1, 0.15) is 0 Å². The summed E-state index contributed by atoms with van der Waals surface area (Å²) >= 11 is 0. The van der Waals surface area contributed by atoms with Gasteiger partial charge in [0.15, 0.2) is 0 Å². The molecule has 0 heterocycles. The fourth-order valence-corrected chi connectivity index (χ4v) is 8.12. The Kier molecular flexibility index (Phi) is 39.3. The van der Waals surface area contributed by atoms with Crippen LogP contribution in [0.15, 0.2) is 30.3 Å². The Hall–Kier alpha value is -0.980. The SMILES string of the molecule is CCCCCCCCCCCCCCCCCCCCCCN(CCCCCCCCCCCCCCCCCCCCCC)c1ccccc1. The fraction of sp³-hybridized carbons (Fsp3) is 0.880. The van der Waals surface area contributed by atoms with Gasteiger partial charge in [-0.25, -0.2) is 0 Å². The van der Waals surface area contributed by atoms with Gasteiger partial charge in [0, 0.05) is 18.8 Å². The van der Waals surface area contributed by atoms with Crippen LogP contribution in [0.4, 0.5) is 5.69 Å². The maximum absolute atomic E-state index is 2.68. The molecule has 1 rings (SSSR count). The minimum absolute atomic E-state index is 1.24. The van der Waals surface area contributed by atoms with E-state index in [1.807, 2.05) is 0 Å². The molecular formula is C50H95N. The van der Waals surface area contributed by atoms with Crippen LogP contribution in [-0.2, 0) is 0 Å². The van der Waals surface area contributed by atoms with Gasteiger partial charge in [-0.1, -0.05) is 276 Å². The summed E-state index contributed by atoms with van der Waals surface area (Å²) in [7, 11) is 0. The Balaban J connectivity index is 1.89. The highest BCUT2D eigenvalue weighted by atomic mass is 15.1. The highest BCUT2D eigenvalue weighted by Gasteiger charge is 2.06. The molecule has 0 aromatic heterocycles. The number of anilines is 1. The van der Waals surface area contributed by atoms with E-state index in [1.54, 1.807) is 0 Å². The van der Waals surface area contributed by atoms with Crippen molar-refractivity contribution in [3.05, 3.63) is 30.3 Å². The van der Waals surface area contributed by atoms with Crippen molar-refractivity contribution < 1.29 is 0 Å². The topological polar surface area (TPSA) is 3.24 Å². The summed E-state index contributed by atoms with van der Waals surface area (Å²) in [6.07, 6.45) is 58.2. The third kappa shape index (κ3) is 35.8. The minimum atomic E-state index is 1.24. The van der Waals surface area contributed by atoms with E-state index in [1.165, 1.54) is 276 Å². The van der Waals surface area contributed by atoms with E-state index in [4.69, 9.17) is 0 Å². The monoisotopic (exact) mass is 710 g/mol. The molecule has 0 aliphatic heterocycles. The molecule has 1 aromatic carbocycles. The molecule has 300 valence electrons. The minimum Gasteiger partial charge on any atom is -0.372 e. The van der Waals surface area contributed by atoms with Gasteiger partial charge in [0.25, 0.3) is 0 Å². The lowest BCUT2D eigenvalue weighted by Crippen LogP contribution is -2.25. The van der Waals surface area contributed by atoms with Gasteiger partial charge in [0.2, 0.25) is 0 Å². The molecule has 0 unspecified atom stereocenters. The maximum atomic E-state index is 2.68. The second kappa shape index (κ2) is 41.8. The third-order valence-electron chi connectivity index (χ3n) is 11.7. The smallest absolute Gasteiger partial charge is 0.0366 e. The lowest BCUT2D eigenvalue weighted by atomic mass is 10.0. The second-order valence-electron chi connectivity index (χ2n) is 16.8. The van der Waals surface area contributed by atoms with Crippen molar-refractivity contribution in [3.63, 3.8) is 0 Å². The fourth-order valence-electron chi connectivity index (χ4n) is 8.12. The molecule has 0 saturated heterocycles. The molecule has 0 amide bonds. The predicted octanol–water partition coefficient (Wildman–Crippen LogP) is 18.1. The molecular weight excluding hydrogens is 615 g/mol. The van der Waals surface area contributed by atoms with Crippen molar-refractivity contribution in [1.29, 1.82) is 0 Å². The zero-order chi connectivity index (χ0) is 36.4. The normalized spacial score (nSPS) is 11.5. The third-order valence-corrected chi connectivity index (χ3v) is 11.7. The number of hydrogen-bond acceptors (Lipinski definition) is 1. The molecule has 0 radical (unpaired) electrons. The first-order valence-electron chi connectivity index (χ1n) is 24.2. The van der Waals surface area contributed by atoms with Crippen LogP contribution in [0.3, 0.4) is 0 Å². The van der Waals surface area contributed by atoms with E-state index in [-0.39, 0.29) is 0 Å². The summed E-state index contributed by atoms with van der Waals surface area (Å²) in [5.74, 6) is 0. The molecule has 0 fully saturated rings. The predicted molar refractivity (Wildman–Crippen MR) is 235 cm³/mol. The summed E-state index contributed by atoms with van der Waals surface area (Å²) in [6, 6.07) is 11.3. The van der Waals surface area contributed by atoms with Crippen molar-refractivity contribution in [2.45, 2.75) is 271 Å². The van der Waals surface area contributed by atoms with Gasteiger partial charge < -0.3 is 4.90 Å². The lowest BCUT2D eigenvalue weighted by molar-refractivity contribution is 0.519. The van der Waals surface area contributed by atoms with Crippen molar-refractivity contribution >= 4 is 5.69 Å². The van der Waals surface area contributed by atoms with Crippen LogP contribution in [0.1, 0.15) is 271 Å². The highest BCUT2D eigenvalue weighted by molar-refractivity contribution is 5.45. The van der Waals surface area contributed by atoms with Crippen LogP contribution >= 0.6 is 0 Å². The molecule has 0 bridgehead atoms. The first-order valence-corrected chi connectivity index (χ1v) is 24.2. The number of para-hydroxylation sites is 1. The number of nitrogens with zero attached hydrogens (tertiary/aromatic N) is 1. The zero-order valence-corrected chi connectivity index (χ0v) is 35.5. The number of unbranched alkanes of at least 4 members (excludes halogenated alkanes) is 38. The largest absolute Gasteiger partial charge is 0.372 e. The molecule has 0 saturated carbocycles. The Morgan fingerprint density at radius 1 is 0.255 bits per heavy atom. The Labute approximate surface area is 323 Å². The molecule has 1 nitrogen and oxygen atoms in total. The van der Waals surface area contributed by atoms with Gasteiger partial charge >= 0.3 is 0 Å². The van der Waals surface area contributed by atoms with Gasteiger partial charge in [-0.05, 0) is 25.0 Å². The molecule has 51 heavy (non-hydrogen) atoms. The van der Waals surface area contributed by atoms with Crippen molar-refractivity contribution in [1.82, 2.24) is 0 Å². The van der Waals surface area contributed by atoms with Gasteiger partial charge in [-0.15, -0.1) is 0 Å². The van der Waals surface area contributed by atoms with E-state index in [9.17, 15) is 0 Å². The lowest BCUT2D eigenvalue weighted by Gasteiger charge is -2.25.